The van der Waals surface area contributed by atoms with Gasteiger partial charge >= 0.3 is 0 Å². The van der Waals surface area contributed by atoms with Gasteiger partial charge in [-0.25, -0.2) is 0 Å². The number of Topliss-reactive ketones (excluding diaryl/α,β-unsaturated/α-hetero) is 1. The summed E-state index contributed by atoms with van der Waals surface area (Å²) in [5, 5.41) is 0. The van der Waals surface area contributed by atoms with Crippen LogP contribution in [0.4, 0.5) is 0 Å². The lowest BCUT2D eigenvalue weighted by Crippen LogP contribution is -2.45. The minimum absolute atomic E-state index is 0.233. The van der Waals surface area contributed by atoms with Crippen LogP contribution in [-0.4, -0.2) is 5.78 Å². The van der Waals surface area contributed by atoms with Gasteiger partial charge in [0.25, 0.3) is 0 Å². The summed E-state index contributed by atoms with van der Waals surface area (Å²) in [6, 6.07) is 0. The standard InChI is InChI=1S/C15H22O/c1-9-5-6-11-7-12-10(2)13(16)8-15(9,12)14(11,3)4/h9,11H,5-8H2,1-4H3/t9?,11-,15+/m1/s1. The summed E-state index contributed by atoms with van der Waals surface area (Å²) in [5.74, 6) is 1.94. The molecule has 2 fully saturated rings. The van der Waals surface area contributed by atoms with Crippen LogP contribution in [0, 0.1) is 22.7 Å². The molecule has 0 aromatic carbocycles. The van der Waals surface area contributed by atoms with Crippen LogP contribution in [0.1, 0.15) is 53.4 Å². The van der Waals surface area contributed by atoms with Crippen molar-refractivity contribution in [3.05, 3.63) is 11.1 Å². The molecule has 1 heteroatoms. The summed E-state index contributed by atoms with van der Waals surface area (Å²) >= 11 is 0. The third kappa shape index (κ3) is 0.881. The number of carbonyl (C=O) groups is 1. The van der Waals surface area contributed by atoms with Crippen LogP contribution >= 0.6 is 0 Å². The second kappa shape index (κ2) is 2.80. The van der Waals surface area contributed by atoms with E-state index in [-0.39, 0.29) is 5.41 Å². The van der Waals surface area contributed by atoms with Crippen molar-refractivity contribution >= 4 is 5.78 Å². The Morgan fingerprint density at radius 1 is 1.25 bits per heavy atom. The maximum atomic E-state index is 12.1. The van der Waals surface area contributed by atoms with Gasteiger partial charge in [0.2, 0.25) is 0 Å². The molecule has 0 radical (unpaired) electrons. The van der Waals surface area contributed by atoms with E-state index in [0.717, 1.165) is 17.9 Å². The fourth-order valence-corrected chi connectivity index (χ4v) is 5.08. The van der Waals surface area contributed by atoms with E-state index in [4.69, 9.17) is 0 Å². The van der Waals surface area contributed by atoms with Crippen LogP contribution in [0.25, 0.3) is 0 Å². The summed E-state index contributed by atoms with van der Waals surface area (Å²) in [6.45, 7) is 9.25. The predicted molar refractivity (Wildman–Crippen MR) is 65.0 cm³/mol. The van der Waals surface area contributed by atoms with Crippen LogP contribution in [0.2, 0.25) is 0 Å². The largest absolute Gasteiger partial charge is 0.295 e. The molecule has 2 bridgehead atoms. The van der Waals surface area contributed by atoms with Gasteiger partial charge in [-0.15, -0.1) is 0 Å². The van der Waals surface area contributed by atoms with Crippen LogP contribution in [0.5, 0.6) is 0 Å². The Labute approximate surface area is 98.3 Å². The monoisotopic (exact) mass is 218 g/mol. The van der Waals surface area contributed by atoms with E-state index < -0.39 is 0 Å². The van der Waals surface area contributed by atoms with Crippen molar-refractivity contribution in [2.75, 3.05) is 0 Å². The van der Waals surface area contributed by atoms with E-state index in [1.54, 1.807) is 0 Å². The maximum Gasteiger partial charge on any atom is 0.159 e. The average molecular weight is 218 g/mol. The second-order valence-electron chi connectivity index (χ2n) is 6.78. The molecule has 16 heavy (non-hydrogen) atoms. The highest BCUT2D eigenvalue weighted by atomic mass is 16.1. The fraction of sp³-hybridized carbons (Fsp3) is 0.800. The van der Waals surface area contributed by atoms with Crippen LogP contribution < -0.4 is 0 Å². The first kappa shape index (κ1) is 10.6. The van der Waals surface area contributed by atoms with Gasteiger partial charge in [0.15, 0.2) is 5.78 Å². The predicted octanol–water partition coefficient (Wildman–Crippen LogP) is 3.74. The van der Waals surface area contributed by atoms with E-state index >= 15 is 0 Å². The lowest BCUT2D eigenvalue weighted by Gasteiger charge is -2.51. The van der Waals surface area contributed by atoms with Crippen molar-refractivity contribution in [1.82, 2.24) is 0 Å². The molecule has 3 rings (SSSR count). The Kier molecular flexibility index (Phi) is 1.85. The molecule has 1 nitrogen and oxygen atoms in total. The average Bonchev–Trinajstić information content (AvgIpc) is 2.50. The lowest BCUT2D eigenvalue weighted by atomic mass is 9.53. The molecule has 0 heterocycles. The molecule has 3 aliphatic rings. The Bertz CT molecular complexity index is 402. The summed E-state index contributed by atoms with van der Waals surface area (Å²) in [4.78, 5) is 12.1. The topological polar surface area (TPSA) is 17.1 Å². The molecular formula is C15H22O. The molecule has 0 amide bonds. The summed E-state index contributed by atoms with van der Waals surface area (Å²) in [6.07, 6.45) is 4.69. The molecule has 0 N–H and O–H groups in total. The maximum absolute atomic E-state index is 12.1. The molecule has 1 unspecified atom stereocenters. The quantitative estimate of drug-likeness (QED) is 0.605. The number of fused-ring (bicyclic) bond motifs is 1. The van der Waals surface area contributed by atoms with Gasteiger partial charge in [0.05, 0.1) is 0 Å². The van der Waals surface area contributed by atoms with Gasteiger partial charge in [-0.2, -0.15) is 0 Å². The first-order chi connectivity index (χ1) is 7.41. The van der Waals surface area contributed by atoms with Gasteiger partial charge in [0, 0.05) is 11.8 Å². The van der Waals surface area contributed by atoms with Crippen molar-refractivity contribution in [3.8, 4) is 0 Å². The zero-order valence-electron chi connectivity index (χ0n) is 10.9. The summed E-state index contributed by atoms with van der Waals surface area (Å²) in [7, 11) is 0. The van der Waals surface area contributed by atoms with Gasteiger partial charge in [-0.1, -0.05) is 26.3 Å². The number of allylic oxidation sites excluding steroid dienone is 2. The minimum Gasteiger partial charge on any atom is -0.295 e. The minimum atomic E-state index is 0.233. The molecular weight excluding hydrogens is 196 g/mol. The first-order valence-corrected chi connectivity index (χ1v) is 6.64. The van der Waals surface area contributed by atoms with Gasteiger partial charge in [0.1, 0.15) is 0 Å². The lowest BCUT2D eigenvalue weighted by molar-refractivity contribution is -0.119. The Balaban J connectivity index is 2.24. The Morgan fingerprint density at radius 2 is 1.94 bits per heavy atom. The van der Waals surface area contributed by atoms with Gasteiger partial charge < -0.3 is 0 Å². The molecule has 2 saturated carbocycles. The number of hydrogen-bond acceptors (Lipinski definition) is 1. The molecule has 3 aliphatic carbocycles. The van der Waals surface area contributed by atoms with Crippen molar-refractivity contribution in [1.29, 1.82) is 0 Å². The third-order valence-electron chi connectivity index (χ3n) is 6.26. The fourth-order valence-electron chi connectivity index (χ4n) is 5.08. The highest BCUT2D eigenvalue weighted by Crippen LogP contribution is 2.71. The summed E-state index contributed by atoms with van der Waals surface area (Å²) in [5.41, 5.74) is 3.23. The number of hydrogen-bond donors (Lipinski definition) is 0. The number of rotatable bonds is 0. The van der Waals surface area contributed by atoms with Crippen molar-refractivity contribution in [2.45, 2.75) is 53.4 Å². The van der Waals surface area contributed by atoms with Crippen molar-refractivity contribution in [3.63, 3.8) is 0 Å². The van der Waals surface area contributed by atoms with E-state index in [1.807, 2.05) is 0 Å². The normalized spacial score (nSPS) is 45.1. The van der Waals surface area contributed by atoms with Crippen molar-refractivity contribution in [2.24, 2.45) is 22.7 Å². The van der Waals surface area contributed by atoms with Crippen molar-refractivity contribution < 1.29 is 4.79 Å². The SMILES string of the molecule is CC1=C2C[C@H]3CCC(C)[C@]2(CC1=O)C3(C)C. The smallest absolute Gasteiger partial charge is 0.159 e. The second-order valence-corrected chi connectivity index (χ2v) is 6.78. The highest BCUT2D eigenvalue weighted by Gasteiger charge is 2.65. The molecule has 3 atom stereocenters. The third-order valence-corrected chi connectivity index (χ3v) is 6.26. The summed E-state index contributed by atoms with van der Waals surface area (Å²) < 4.78 is 0. The molecule has 0 saturated heterocycles. The van der Waals surface area contributed by atoms with Crippen LogP contribution in [0.3, 0.4) is 0 Å². The van der Waals surface area contributed by atoms with Gasteiger partial charge in [-0.05, 0) is 49.0 Å². The number of ketones is 1. The molecule has 0 aliphatic heterocycles. The highest BCUT2D eigenvalue weighted by molar-refractivity contribution is 6.00. The molecule has 0 aromatic heterocycles. The zero-order valence-corrected chi connectivity index (χ0v) is 10.9. The zero-order chi connectivity index (χ0) is 11.7. The van der Waals surface area contributed by atoms with E-state index in [2.05, 4.69) is 27.7 Å². The Morgan fingerprint density at radius 3 is 2.62 bits per heavy atom. The first-order valence-electron chi connectivity index (χ1n) is 6.64. The molecule has 0 aromatic rings. The number of carbonyl (C=O) groups excluding carboxylic acids is 1. The van der Waals surface area contributed by atoms with E-state index in [0.29, 0.717) is 17.1 Å². The van der Waals surface area contributed by atoms with Crippen LogP contribution in [0.15, 0.2) is 11.1 Å². The van der Waals surface area contributed by atoms with E-state index in [1.165, 1.54) is 24.8 Å². The van der Waals surface area contributed by atoms with Crippen LogP contribution in [-0.2, 0) is 4.79 Å². The van der Waals surface area contributed by atoms with Gasteiger partial charge in [-0.3, -0.25) is 4.79 Å². The Hall–Kier alpha value is -0.590. The van der Waals surface area contributed by atoms with E-state index in [9.17, 15) is 4.79 Å². The molecule has 88 valence electrons. The molecule has 1 spiro atoms.